The fourth-order valence-corrected chi connectivity index (χ4v) is 2.54. The zero-order valence-corrected chi connectivity index (χ0v) is 11.9. The van der Waals surface area contributed by atoms with E-state index in [1.165, 1.54) is 6.07 Å². The summed E-state index contributed by atoms with van der Waals surface area (Å²) in [4.78, 5) is 23.5. The quantitative estimate of drug-likeness (QED) is 0.709. The summed E-state index contributed by atoms with van der Waals surface area (Å²) in [6.45, 7) is 0.172. The lowest BCUT2D eigenvalue weighted by molar-refractivity contribution is -0.127. The van der Waals surface area contributed by atoms with Crippen LogP contribution in [0.2, 0.25) is 0 Å². The van der Waals surface area contributed by atoms with Gasteiger partial charge in [0.05, 0.1) is 12.0 Å². The normalized spacial score (nSPS) is 20.7. The van der Waals surface area contributed by atoms with Gasteiger partial charge in [-0.3, -0.25) is 9.59 Å². The summed E-state index contributed by atoms with van der Waals surface area (Å²) >= 11 is 0. The smallest absolute Gasteiger partial charge is 0.257 e. The molecule has 1 aromatic carbocycles. The molecule has 2 atom stereocenters. The molecule has 0 aromatic heterocycles. The molecule has 0 aliphatic heterocycles. The molecule has 0 saturated heterocycles. The van der Waals surface area contributed by atoms with Crippen LogP contribution in [-0.2, 0) is 4.79 Å². The number of nitrogens with one attached hydrogen (secondary N) is 2. The molecule has 120 valence electrons. The fraction of sp³-hybridized carbons (Fsp3) is 0.467. The number of benzene rings is 1. The molecule has 5 nitrogen and oxygen atoms in total. The van der Waals surface area contributed by atoms with Gasteiger partial charge in [-0.2, -0.15) is 0 Å². The molecule has 2 unspecified atom stereocenters. The monoisotopic (exact) mass is 312 g/mol. The van der Waals surface area contributed by atoms with Gasteiger partial charge in [0, 0.05) is 13.1 Å². The zero-order valence-electron chi connectivity index (χ0n) is 11.9. The lowest BCUT2D eigenvalue weighted by Crippen LogP contribution is -2.39. The molecule has 7 heteroatoms. The summed E-state index contributed by atoms with van der Waals surface area (Å²) in [5.74, 6) is -3.42. The van der Waals surface area contributed by atoms with Crippen molar-refractivity contribution in [1.82, 2.24) is 10.6 Å². The maximum Gasteiger partial charge on any atom is 0.257 e. The van der Waals surface area contributed by atoms with Crippen molar-refractivity contribution in [1.29, 1.82) is 0 Å². The first-order valence-corrected chi connectivity index (χ1v) is 7.18. The summed E-state index contributed by atoms with van der Waals surface area (Å²) in [7, 11) is 0. The van der Waals surface area contributed by atoms with Gasteiger partial charge in [0.25, 0.3) is 5.91 Å². The summed E-state index contributed by atoms with van der Waals surface area (Å²) in [5, 5.41) is 14.5. The van der Waals surface area contributed by atoms with Crippen molar-refractivity contribution in [3.05, 3.63) is 35.4 Å². The van der Waals surface area contributed by atoms with E-state index in [4.69, 9.17) is 0 Å². The van der Waals surface area contributed by atoms with Gasteiger partial charge in [0.15, 0.2) is 0 Å². The SMILES string of the molecule is O=C(NCCNC(=O)C1CCCC1O)c1c(F)cccc1F. The van der Waals surface area contributed by atoms with Crippen LogP contribution in [0.1, 0.15) is 29.6 Å². The van der Waals surface area contributed by atoms with Gasteiger partial charge in [0.2, 0.25) is 5.91 Å². The first-order valence-electron chi connectivity index (χ1n) is 7.18. The standard InChI is InChI=1S/C15H18F2N2O3/c16-10-4-2-5-11(17)13(10)15(22)19-8-7-18-14(21)9-3-1-6-12(9)20/h2,4-5,9,12,20H,1,3,6-8H2,(H,18,21)(H,19,22). The Bertz CT molecular complexity index is 545. The maximum absolute atomic E-state index is 13.4. The summed E-state index contributed by atoms with van der Waals surface area (Å²) in [6.07, 6.45) is 1.44. The fourth-order valence-electron chi connectivity index (χ4n) is 2.54. The van der Waals surface area contributed by atoms with Crippen LogP contribution in [0.15, 0.2) is 18.2 Å². The average Bonchev–Trinajstić information content (AvgIpc) is 2.89. The van der Waals surface area contributed by atoms with E-state index >= 15 is 0 Å². The van der Waals surface area contributed by atoms with E-state index in [-0.39, 0.29) is 19.0 Å². The molecule has 22 heavy (non-hydrogen) atoms. The number of amides is 2. The van der Waals surface area contributed by atoms with E-state index in [1.807, 2.05) is 0 Å². The van der Waals surface area contributed by atoms with Crippen LogP contribution in [0.25, 0.3) is 0 Å². The van der Waals surface area contributed by atoms with Crippen LogP contribution < -0.4 is 10.6 Å². The van der Waals surface area contributed by atoms with Gasteiger partial charge in [0.1, 0.15) is 17.2 Å². The third kappa shape index (κ3) is 3.79. The van der Waals surface area contributed by atoms with Crippen molar-refractivity contribution in [2.24, 2.45) is 5.92 Å². The summed E-state index contributed by atoms with van der Waals surface area (Å²) < 4.78 is 26.8. The van der Waals surface area contributed by atoms with Crippen LogP contribution in [0, 0.1) is 17.6 Å². The molecule has 1 aliphatic rings. The van der Waals surface area contributed by atoms with Crippen LogP contribution in [0.3, 0.4) is 0 Å². The summed E-state index contributed by atoms with van der Waals surface area (Å²) in [6, 6.07) is 3.18. The number of aliphatic hydroxyl groups is 1. The third-order valence-electron chi connectivity index (χ3n) is 3.72. The van der Waals surface area contributed by atoms with Gasteiger partial charge in [-0.1, -0.05) is 6.07 Å². The lowest BCUT2D eigenvalue weighted by atomic mass is 10.1. The highest BCUT2D eigenvalue weighted by atomic mass is 19.1. The van der Waals surface area contributed by atoms with Crippen molar-refractivity contribution < 1.29 is 23.5 Å². The Morgan fingerprint density at radius 2 is 1.77 bits per heavy atom. The molecule has 1 fully saturated rings. The molecule has 2 rings (SSSR count). The number of carbonyl (C=O) groups excluding carboxylic acids is 2. The molecule has 2 amide bonds. The molecular formula is C15H18F2N2O3. The highest BCUT2D eigenvalue weighted by Gasteiger charge is 2.31. The Hall–Kier alpha value is -2.02. The molecular weight excluding hydrogens is 294 g/mol. The first-order chi connectivity index (χ1) is 10.5. The van der Waals surface area contributed by atoms with Crippen LogP contribution in [0.5, 0.6) is 0 Å². The Morgan fingerprint density at radius 3 is 2.36 bits per heavy atom. The molecule has 0 radical (unpaired) electrons. The minimum absolute atomic E-state index is 0.0428. The Labute approximate surface area is 126 Å². The average molecular weight is 312 g/mol. The molecule has 0 heterocycles. The second-order valence-corrected chi connectivity index (χ2v) is 5.25. The van der Waals surface area contributed by atoms with Crippen LogP contribution >= 0.6 is 0 Å². The number of aliphatic hydroxyl groups excluding tert-OH is 1. The molecule has 1 aliphatic carbocycles. The second kappa shape index (κ2) is 7.31. The topological polar surface area (TPSA) is 78.4 Å². The van der Waals surface area contributed by atoms with Crippen molar-refractivity contribution in [3.8, 4) is 0 Å². The van der Waals surface area contributed by atoms with Crippen molar-refractivity contribution in [2.75, 3.05) is 13.1 Å². The predicted octanol–water partition coefficient (Wildman–Crippen LogP) is 0.972. The molecule has 1 aromatic rings. The van der Waals surface area contributed by atoms with E-state index in [9.17, 15) is 23.5 Å². The van der Waals surface area contributed by atoms with Crippen LogP contribution in [-0.4, -0.2) is 36.1 Å². The number of carbonyl (C=O) groups is 2. The molecule has 0 bridgehead atoms. The van der Waals surface area contributed by atoms with Crippen molar-refractivity contribution in [3.63, 3.8) is 0 Å². The Balaban J connectivity index is 1.77. The molecule has 0 spiro atoms. The third-order valence-corrected chi connectivity index (χ3v) is 3.72. The van der Waals surface area contributed by atoms with Gasteiger partial charge < -0.3 is 15.7 Å². The Morgan fingerprint density at radius 1 is 1.14 bits per heavy atom. The lowest BCUT2D eigenvalue weighted by Gasteiger charge is -2.14. The number of halogens is 2. The second-order valence-electron chi connectivity index (χ2n) is 5.25. The van der Waals surface area contributed by atoms with E-state index in [1.54, 1.807) is 0 Å². The minimum atomic E-state index is -0.935. The molecule has 1 saturated carbocycles. The van der Waals surface area contributed by atoms with Crippen LogP contribution in [0.4, 0.5) is 8.78 Å². The number of hydrogen-bond donors (Lipinski definition) is 3. The van der Waals surface area contributed by atoms with E-state index < -0.39 is 35.1 Å². The number of hydrogen-bond acceptors (Lipinski definition) is 3. The van der Waals surface area contributed by atoms with Gasteiger partial charge in [-0.25, -0.2) is 8.78 Å². The van der Waals surface area contributed by atoms with Crippen molar-refractivity contribution in [2.45, 2.75) is 25.4 Å². The number of rotatable bonds is 5. The van der Waals surface area contributed by atoms with E-state index in [2.05, 4.69) is 10.6 Å². The largest absolute Gasteiger partial charge is 0.392 e. The van der Waals surface area contributed by atoms with Gasteiger partial charge >= 0.3 is 0 Å². The van der Waals surface area contributed by atoms with Gasteiger partial charge in [-0.05, 0) is 31.4 Å². The van der Waals surface area contributed by atoms with E-state index in [0.717, 1.165) is 18.6 Å². The van der Waals surface area contributed by atoms with Crippen molar-refractivity contribution >= 4 is 11.8 Å². The predicted molar refractivity (Wildman–Crippen MR) is 75.0 cm³/mol. The highest BCUT2D eigenvalue weighted by Crippen LogP contribution is 2.25. The van der Waals surface area contributed by atoms with E-state index in [0.29, 0.717) is 12.8 Å². The van der Waals surface area contributed by atoms with Gasteiger partial charge in [-0.15, -0.1) is 0 Å². The zero-order chi connectivity index (χ0) is 16.1. The summed E-state index contributed by atoms with van der Waals surface area (Å²) in [5.41, 5.74) is -0.639. The first kappa shape index (κ1) is 16.4. The highest BCUT2D eigenvalue weighted by molar-refractivity contribution is 5.94. The maximum atomic E-state index is 13.4. The minimum Gasteiger partial charge on any atom is -0.392 e. The Kier molecular flexibility index (Phi) is 5.43. The molecule has 3 N–H and O–H groups in total.